The third kappa shape index (κ3) is 3.08. The van der Waals surface area contributed by atoms with E-state index in [2.05, 4.69) is 0 Å². The molecule has 4 rings (SSSR count). The van der Waals surface area contributed by atoms with Gasteiger partial charge in [-0.15, -0.1) is 11.3 Å². The van der Waals surface area contributed by atoms with Crippen molar-refractivity contribution < 1.29 is 17.9 Å². The highest BCUT2D eigenvalue weighted by molar-refractivity contribution is 7.92. The number of anilines is 1. The molecule has 0 aliphatic carbocycles. The van der Waals surface area contributed by atoms with Crippen LogP contribution in [0.1, 0.15) is 21.5 Å². The van der Waals surface area contributed by atoms with Gasteiger partial charge in [-0.1, -0.05) is 18.2 Å². The van der Waals surface area contributed by atoms with Crippen molar-refractivity contribution in [2.75, 3.05) is 17.1 Å². The average molecular weight is 387 g/mol. The normalized spacial score (nSPS) is 13.8. The van der Waals surface area contributed by atoms with Crippen molar-refractivity contribution in [1.82, 2.24) is 0 Å². The summed E-state index contributed by atoms with van der Waals surface area (Å²) in [6, 6.07) is 13.0. The molecule has 2 heterocycles. The summed E-state index contributed by atoms with van der Waals surface area (Å²) in [6.07, 6.45) is 1.79. The van der Waals surface area contributed by atoms with Crippen molar-refractivity contribution in [3.63, 3.8) is 0 Å². The minimum atomic E-state index is -3.29. The van der Waals surface area contributed by atoms with E-state index in [9.17, 15) is 13.2 Å². The van der Waals surface area contributed by atoms with Crippen LogP contribution in [0.2, 0.25) is 0 Å². The number of rotatable bonds is 4. The van der Waals surface area contributed by atoms with Gasteiger partial charge in [0.1, 0.15) is 6.61 Å². The van der Waals surface area contributed by atoms with Crippen molar-refractivity contribution in [2.24, 2.45) is 0 Å². The van der Waals surface area contributed by atoms with Gasteiger partial charge in [-0.2, -0.15) is 0 Å². The lowest BCUT2D eigenvalue weighted by Crippen LogP contribution is -2.27. The van der Waals surface area contributed by atoms with Gasteiger partial charge in [0.25, 0.3) is 0 Å². The van der Waals surface area contributed by atoms with Crippen LogP contribution in [0.15, 0.2) is 47.8 Å². The molecule has 0 saturated heterocycles. The second-order valence-electron chi connectivity index (χ2n) is 6.26. The Morgan fingerprint density at radius 2 is 2.04 bits per heavy atom. The van der Waals surface area contributed by atoms with Crippen molar-refractivity contribution in [3.05, 3.63) is 64.5 Å². The highest BCUT2D eigenvalue weighted by Gasteiger charge is 2.27. The van der Waals surface area contributed by atoms with Gasteiger partial charge in [0.05, 0.1) is 17.5 Å². The molecule has 0 N–H and O–H groups in total. The largest absolute Gasteiger partial charge is 0.457 e. The van der Waals surface area contributed by atoms with E-state index in [1.807, 2.05) is 29.6 Å². The molecule has 0 atom stereocenters. The van der Waals surface area contributed by atoms with Crippen LogP contribution in [0.25, 0.3) is 10.1 Å². The Morgan fingerprint density at radius 1 is 1.23 bits per heavy atom. The average Bonchev–Trinajstić information content (AvgIpc) is 3.23. The molecular weight excluding hydrogens is 370 g/mol. The van der Waals surface area contributed by atoms with E-state index < -0.39 is 16.0 Å². The summed E-state index contributed by atoms with van der Waals surface area (Å²) < 4.78 is 31.6. The number of nitrogens with zero attached hydrogens (tertiary/aromatic N) is 1. The third-order valence-electron chi connectivity index (χ3n) is 4.49. The summed E-state index contributed by atoms with van der Waals surface area (Å²) in [5.41, 5.74) is 2.93. The van der Waals surface area contributed by atoms with E-state index in [0.29, 0.717) is 24.2 Å². The minimum absolute atomic E-state index is 0.218. The van der Waals surface area contributed by atoms with Crippen LogP contribution in [-0.2, 0) is 27.8 Å². The molecule has 7 heteroatoms. The zero-order valence-electron chi connectivity index (χ0n) is 14.1. The lowest BCUT2D eigenvalue weighted by molar-refractivity contribution is 0.0474. The SMILES string of the molecule is CS(=O)(=O)N1CCc2cc(C(=O)OCc3csc4ccccc34)ccc21. The summed E-state index contributed by atoms with van der Waals surface area (Å²) >= 11 is 1.63. The molecule has 0 bridgehead atoms. The quantitative estimate of drug-likeness (QED) is 0.642. The number of benzene rings is 2. The maximum Gasteiger partial charge on any atom is 0.338 e. The predicted molar refractivity (Wildman–Crippen MR) is 103 cm³/mol. The number of carbonyl (C=O) groups excluding carboxylic acids is 1. The van der Waals surface area contributed by atoms with Crippen molar-refractivity contribution >= 4 is 43.1 Å². The molecule has 0 spiro atoms. The molecule has 0 radical (unpaired) electrons. The van der Waals surface area contributed by atoms with Gasteiger partial charge >= 0.3 is 5.97 Å². The zero-order chi connectivity index (χ0) is 18.3. The molecule has 1 aliphatic heterocycles. The number of sulfonamides is 1. The first-order valence-corrected chi connectivity index (χ1v) is 10.9. The van der Waals surface area contributed by atoms with E-state index in [4.69, 9.17) is 4.74 Å². The van der Waals surface area contributed by atoms with E-state index in [-0.39, 0.29) is 6.61 Å². The lowest BCUT2D eigenvalue weighted by Gasteiger charge is -2.16. The van der Waals surface area contributed by atoms with E-state index in [0.717, 1.165) is 21.2 Å². The number of carbonyl (C=O) groups is 1. The molecule has 1 aliphatic rings. The standard InChI is InChI=1S/C19H17NO4S2/c1-26(22,23)20-9-8-13-10-14(6-7-17(13)20)19(21)24-11-15-12-25-18-5-3-2-4-16(15)18/h2-7,10,12H,8-9,11H2,1H3. The summed E-state index contributed by atoms with van der Waals surface area (Å²) in [7, 11) is -3.29. The molecule has 0 amide bonds. The van der Waals surface area contributed by atoms with Gasteiger partial charge < -0.3 is 4.74 Å². The Hall–Kier alpha value is -2.38. The third-order valence-corrected chi connectivity index (χ3v) is 6.68. The number of ether oxygens (including phenoxy) is 1. The van der Waals surface area contributed by atoms with Gasteiger partial charge in [0.15, 0.2) is 0 Å². The molecule has 5 nitrogen and oxygen atoms in total. The van der Waals surface area contributed by atoms with Crippen LogP contribution in [0.5, 0.6) is 0 Å². The minimum Gasteiger partial charge on any atom is -0.457 e. The highest BCUT2D eigenvalue weighted by Crippen LogP contribution is 2.31. The fraction of sp³-hybridized carbons (Fsp3) is 0.211. The Morgan fingerprint density at radius 3 is 2.85 bits per heavy atom. The van der Waals surface area contributed by atoms with Gasteiger partial charge in [-0.25, -0.2) is 13.2 Å². The van der Waals surface area contributed by atoms with E-state index in [1.165, 1.54) is 10.6 Å². The summed E-state index contributed by atoms with van der Waals surface area (Å²) in [5.74, 6) is -0.402. The summed E-state index contributed by atoms with van der Waals surface area (Å²) in [5, 5.41) is 3.10. The maximum absolute atomic E-state index is 12.4. The fourth-order valence-corrected chi connectivity index (χ4v) is 5.12. The monoisotopic (exact) mass is 387 g/mol. The van der Waals surface area contributed by atoms with Crippen molar-refractivity contribution in [1.29, 1.82) is 0 Å². The first kappa shape index (κ1) is 17.1. The van der Waals surface area contributed by atoms with Gasteiger partial charge in [0, 0.05) is 16.8 Å². The molecule has 0 saturated carbocycles. The van der Waals surface area contributed by atoms with E-state index in [1.54, 1.807) is 29.5 Å². The van der Waals surface area contributed by atoms with Crippen LogP contribution < -0.4 is 4.31 Å². The van der Waals surface area contributed by atoms with Crippen molar-refractivity contribution in [3.8, 4) is 0 Å². The van der Waals surface area contributed by atoms with Crippen LogP contribution >= 0.6 is 11.3 Å². The number of esters is 1. The van der Waals surface area contributed by atoms with Crippen LogP contribution in [0.3, 0.4) is 0 Å². The Labute approximate surface area is 155 Å². The second-order valence-corrected chi connectivity index (χ2v) is 9.08. The Bertz CT molecular complexity index is 1100. The van der Waals surface area contributed by atoms with Gasteiger partial charge in [0.2, 0.25) is 10.0 Å². The molecule has 0 unspecified atom stereocenters. The Kier molecular flexibility index (Phi) is 4.20. The van der Waals surface area contributed by atoms with Crippen LogP contribution in [0.4, 0.5) is 5.69 Å². The van der Waals surface area contributed by atoms with E-state index >= 15 is 0 Å². The molecule has 3 aromatic rings. The molecule has 0 fully saturated rings. The Balaban J connectivity index is 1.51. The number of hydrogen-bond donors (Lipinski definition) is 0. The fourth-order valence-electron chi connectivity index (χ4n) is 3.21. The first-order chi connectivity index (χ1) is 12.4. The topological polar surface area (TPSA) is 63.7 Å². The molecule has 134 valence electrons. The maximum atomic E-state index is 12.4. The smallest absolute Gasteiger partial charge is 0.338 e. The first-order valence-electron chi connectivity index (χ1n) is 8.16. The highest BCUT2D eigenvalue weighted by atomic mass is 32.2. The summed E-state index contributed by atoms with van der Waals surface area (Å²) in [6.45, 7) is 0.628. The molecule has 2 aromatic carbocycles. The second kappa shape index (κ2) is 6.41. The molecule has 1 aromatic heterocycles. The number of fused-ring (bicyclic) bond motifs is 2. The summed E-state index contributed by atoms with van der Waals surface area (Å²) in [4.78, 5) is 12.4. The molecular formula is C19H17NO4S2. The molecule has 26 heavy (non-hydrogen) atoms. The van der Waals surface area contributed by atoms with Crippen LogP contribution in [-0.4, -0.2) is 27.2 Å². The van der Waals surface area contributed by atoms with Gasteiger partial charge in [-0.05, 0) is 47.0 Å². The number of hydrogen-bond acceptors (Lipinski definition) is 5. The number of thiophene rings is 1. The predicted octanol–water partition coefficient (Wildman–Crippen LogP) is 3.58. The van der Waals surface area contributed by atoms with Crippen molar-refractivity contribution in [2.45, 2.75) is 13.0 Å². The van der Waals surface area contributed by atoms with Crippen LogP contribution in [0, 0.1) is 0 Å². The zero-order valence-corrected chi connectivity index (χ0v) is 15.8. The van der Waals surface area contributed by atoms with Gasteiger partial charge in [-0.3, -0.25) is 4.31 Å². The lowest BCUT2D eigenvalue weighted by atomic mass is 10.1.